The third-order valence-corrected chi connectivity index (χ3v) is 21.2. The van der Waals surface area contributed by atoms with Crippen LogP contribution in [0.3, 0.4) is 0 Å². The zero-order valence-corrected chi connectivity index (χ0v) is 79.3. The number of hydrogen-bond acceptors (Lipinski definition) is 17. The van der Waals surface area contributed by atoms with E-state index < -0.39 is 66.6 Å². The van der Waals surface area contributed by atoms with Gasteiger partial charge in [0.05, 0.1) is 51.4 Å². The molecule has 8 heterocycles. The van der Waals surface area contributed by atoms with Crippen molar-refractivity contribution in [1.29, 1.82) is 0 Å². The molecule has 1 aliphatic carbocycles. The number of likely N-dealkylation sites (tertiary alicyclic amines) is 1. The van der Waals surface area contributed by atoms with Crippen LogP contribution in [0.15, 0.2) is 123 Å². The molecule has 22 nitrogen and oxygen atoms in total. The van der Waals surface area contributed by atoms with Crippen molar-refractivity contribution < 1.29 is 86.4 Å². The minimum absolute atomic E-state index is 0. The monoisotopic (exact) mass is 2230 g/mol. The summed E-state index contributed by atoms with van der Waals surface area (Å²) in [6, 6.07) is 21.0. The summed E-state index contributed by atoms with van der Waals surface area (Å²) in [7, 11) is -3.55. The second-order valence-corrected chi connectivity index (χ2v) is 66.5. The first kappa shape index (κ1) is 96.7. The van der Waals surface area contributed by atoms with Gasteiger partial charge in [0.2, 0.25) is 20.0 Å². The molecule has 0 bridgehead atoms. The molecule has 110 heavy (non-hydrogen) atoms. The molecule has 2 aliphatic heterocycles. The molecular formula is C75H92F4I5N15O7S2VY-3. The Labute approximate surface area is 734 Å². The summed E-state index contributed by atoms with van der Waals surface area (Å²) < 4.78 is 121. The maximum absolute atomic E-state index is 15.8. The number of carbonyl (C=O) groups excluding carboxylic acids is 3. The first-order valence-corrected chi connectivity index (χ1v) is 55.4. The number of fused-ring (bicyclic) bond motifs is 2. The average molecular weight is 2230 g/mol. The van der Waals surface area contributed by atoms with E-state index in [9.17, 15) is 31.2 Å². The van der Waals surface area contributed by atoms with E-state index in [1.807, 2.05) is 26.2 Å². The van der Waals surface area contributed by atoms with Crippen molar-refractivity contribution in [3.63, 3.8) is 0 Å². The number of nitrogens with one attached hydrogen (secondary N) is 3. The summed E-state index contributed by atoms with van der Waals surface area (Å²) in [5, 5.41) is 7.21. The van der Waals surface area contributed by atoms with E-state index in [4.69, 9.17) is 9.97 Å². The quantitative estimate of drug-likeness (QED) is 0.0198. The second kappa shape index (κ2) is 49.2. The normalized spacial score (nSPS) is 14.6. The molecule has 12 rings (SSSR count). The maximum Gasteiger partial charge on any atom is 0 e. The van der Waals surface area contributed by atoms with Gasteiger partial charge >= 0.3 is 64.9 Å². The minimum Gasteiger partial charge on any atom is 0 e. The summed E-state index contributed by atoms with van der Waals surface area (Å²) in [6.45, 7) is 19.9. The molecule has 3 fully saturated rings. The standard InChI is InChI=1S/C29H35F2N7O2S.C26H29F2N7O2S.C13H12NO3.C3H7I.C2H5I.C2H5.3HI.V.Y/c1-4-12-37-13-10-21(11-14-37)36(3)26-9-8-25-28(34-26)22(20-16-32-19-33-17-20)18-38(25)29-23(30)6-7-24(27(29)31)35-41(39,40)15-5-2;1-3-12-38(36,37)33-21-5-4-20(27)26(24(21)28)35-15-19(17-13-30-16-31-14-17)25-22(35)6-7-23(32-25)34(2)18-8-10-29-11-9-18;15-10-6-7-11(12(16)8-10)14-13(17)9-4-2-1-3-5-9;1-2-3-4;1-2-3;1-2;;;;;/h6-9,16-19,21,35H,4-5,10-15H2,1-3H3;4-7,13-16,18,29,33H,3,8-12H2,1-2H3;1-4,11H,6-8H2,(H,14,17);2-3H2,1H3;2H2,1H3;1H2,2H3;3*1H;;/q;;-1;;;-1;;;;+3;/p-4. The Hall–Kier alpha value is -3.91. The van der Waals surface area contributed by atoms with Crippen LogP contribution in [-0.2, 0) is 67.3 Å². The Morgan fingerprint density at radius 3 is 1.48 bits per heavy atom. The van der Waals surface area contributed by atoms with E-state index in [1.165, 1.54) is 37.1 Å². The summed E-state index contributed by atoms with van der Waals surface area (Å²) in [4.78, 5) is 67.1. The Bertz CT molecular complexity index is 4620. The summed E-state index contributed by atoms with van der Waals surface area (Å²) in [5.74, 6) is -3.36. The minimum atomic E-state index is -3.79. The number of alkyl halides is 2. The molecule has 35 heteroatoms. The Balaban J connectivity index is 0.000000288. The second-order valence-electron chi connectivity index (χ2n) is 24.9. The number of aromatic nitrogens is 8. The van der Waals surface area contributed by atoms with Crippen LogP contribution in [0.25, 0.3) is 61.0 Å². The van der Waals surface area contributed by atoms with Crippen LogP contribution in [0.4, 0.5) is 40.6 Å². The number of pyridine rings is 2. The predicted molar refractivity (Wildman–Crippen MR) is 469 cm³/mol. The van der Waals surface area contributed by atoms with Gasteiger partial charge in [-0.15, -0.1) is 35.9 Å². The molecule has 0 spiro atoms. The molecule has 1 radical (unpaired) electrons. The van der Waals surface area contributed by atoms with Crippen LogP contribution in [0.2, 0.25) is 0 Å². The van der Waals surface area contributed by atoms with Crippen molar-refractivity contribution in [2.45, 2.75) is 130 Å². The number of halogens is 9. The van der Waals surface area contributed by atoms with E-state index in [0.29, 0.717) is 87.7 Å². The van der Waals surface area contributed by atoms with Crippen molar-refractivity contribution >= 4 is 188 Å². The smallest absolute Gasteiger partial charge is 0 e. The topological polar surface area (TPSA) is 267 Å². The van der Waals surface area contributed by atoms with Gasteiger partial charge in [0.25, 0.3) is 0 Å². The van der Waals surface area contributed by atoms with Crippen molar-refractivity contribution in [3.05, 3.63) is 170 Å². The Morgan fingerprint density at radius 2 is 1.09 bits per heavy atom. The Morgan fingerprint density at radius 1 is 0.655 bits per heavy atom. The van der Waals surface area contributed by atoms with E-state index in [0.717, 1.165) is 101 Å². The SMILES string of the molecule is CCCI.CCCN1CCC(N(C)c2ccc3c(n2)c(-c2cncnc2)cn3-c2c(F)ccc(NS(=O)(=O)CCC)c2F)CC1.CCCS(=O)(=O)Nc1ccc(F)c(-n2cc(-c3cncnc3)c3nc(N(C)C4CCNCC4)ccc32)c1F.CCI.O=C1CCC([N-]C(=O)c2[c-]cccc2)C(=O)C1.[CH2-]C.[I][V]([I])[I].[Y]. The number of amides is 1. The molecule has 9 aromatic rings. The van der Waals surface area contributed by atoms with Crippen LogP contribution < -0.4 is 24.6 Å². The number of anilines is 4. The molecule has 595 valence electrons. The number of piperidine rings is 2. The number of ketones is 2. The molecule has 2 saturated heterocycles. The molecule has 1 atom stereocenters. The number of hydrogen-bond donors (Lipinski definition) is 3. The molecule has 3 N–H and O–H groups in total. The number of carbonyl (C=O) groups is 3. The number of benzene rings is 3. The summed E-state index contributed by atoms with van der Waals surface area (Å²) in [5.41, 5.74) is 3.33. The first-order valence-electron chi connectivity index (χ1n) is 35.5. The van der Waals surface area contributed by atoms with Gasteiger partial charge in [-0.2, -0.15) is 6.92 Å². The third kappa shape index (κ3) is 28.5. The largest absolute Gasteiger partial charge is 0 e. The summed E-state index contributed by atoms with van der Waals surface area (Å²) >= 11 is 12.0. The number of Topliss-reactive ketones (excluding diaryl/α,β-unsaturated/α-hetero) is 2. The van der Waals surface area contributed by atoms with Crippen molar-refractivity contribution in [2.75, 3.05) is 86.4 Å². The van der Waals surface area contributed by atoms with Crippen molar-refractivity contribution in [3.8, 4) is 33.6 Å². The molecule has 3 aromatic carbocycles. The fraction of sp³-hybridized carbons (Fsp3) is 0.413. The van der Waals surface area contributed by atoms with Gasteiger partial charge in [-0.05, 0) is 134 Å². The van der Waals surface area contributed by atoms with E-state index in [2.05, 4.69) is 194 Å². The first-order chi connectivity index (χ1) is 52.2. The predicted octanol–water partition coefficient (Wildman–Crippen LogP) is 17.8. The van der Waals surface area contributed by atoms with Crippen LogP contribution in [0.5, 0.6) is 0 Å². The van der Waals surface area contributed by atoms with Gasteiger partial charge in [0.15, 0.2) is 11.6 Å². The molecule has 1 amide bonds. The fourth-order valence-electron chi connectivity index (χ4n) is 12.1. The fourth-order valence-corrected chi connectivity index (χ4v) is 14.3. The molecule has 1 unspecified atom stereocenters. The van der Waals surface area contributed by atoms with Gasteiger partial charge in [-0.3, -0.25) is 14.2 Å². The number of rotatable bonds is 21. The molecule has 1 saturated carbocycles. The maximum atomic E-state index is 15.8. The average Bonchev–Trinajstić information content (AvgIpc) is 1.60. The zero-order valence-electron chi connectivity index (χ0n) is 62.6. The number of nitrogens with zero attached hydrogens (tertiary/aromatic N) is 12. The van der Waals surface area contributed by atoms with Crippen LogP contribution in [-0.4, -0.2) is 164 Å². The van der Waals surface area contributed by atoms with Gasteiger partial charge in [0.1, 0.15) is 58.9 Å². The number of sulfonamides is 2. The zero-order chi connectivity index (χ0) is 80.0. The summed E-state index contributed by atoms with van der Waals surface area (Å²) in [6.07, 6.45) is 20.2. The van der Waals surface area contributed by atoms with Crippen LogP contribution in [0, 0.1) is 36.3 Å². The molecule has 3 aliphatic rings. The Kier molecular flexibility index (Phi) is 43.3. The van der Waals surface area contributed by atoms with Crippen molar-refractivity contribution in [2.24, 2.45) is 0 Å². The van der Waals surface area contributed by atoms with Gasteiger partial charge in [-0.25, -0.2) is 64.3 Å². The van der Waals surface area contributed by atoms with E-state index in [1.54, 1.807) is 94.4 Å². The van der Waals surface area contributed by atoms with E-state index >= 15 is 17.6 Å². The van der Waals surface area contributed by atoms with E-state index in [-0.39, 0.29) is 78.5 Å². The van der Waals surface area contributed by atoms with Crippen LogP contribution in [0.1, 0.15) is 123 Å². The van der Waals surface area contributed by atoms with Gasteiger partial charge in [0, 0.05) is 138 Å². The van der Waals surface area contributed by atoms with Crippen molar-refractivity contribution in [1.82, 2.24) is 49.3 Å². The third-order valence-electron chi connectivity index (χ3n) is 17.2. The van der Waals surface area contributed by atoms with Crippen LogP contribution >= 0.6 is 105 Å². The molecular weight excluding hydrogens is 2140 g/mol. The molecule has 6 aromatic heterocycles. The van der Waals surface area contributed by atoms with Gasteiger partial charge in [-0.1, -0.05) is 92.3 Å². The van der Waals surface area contributed by atoms with Gasteiger partial charge < -0.3 is 51.0 Å².